The summed E-state index contributed by atoms with van der Waals surface area (Å²) in [5.41, 5.74) is 1.84. The number of fused-ring (bicyclic) bond motifs is 1. The molecule has 0 heterocycles. The second-order valence-electron chi connectivity index (χ2n) is 8.26. The Morgan fingerprint density at radius 2 is 1.66 bits per heavy atom. The number of aryl methyl sites for hydroxylation is 1. The van der Waals surface area contributed by atoms with Gasteiger partial charge in [-0.05, 0) is 48.2 Å². The Morgan fingerprint density at radius 3 is 2.37 bits per heavy atom. The van der Waals surface area contributed by atoms with E-state index < -0.39 is 5.91 Å². The Balaban J connectivity index is 1.80. The van der Waals surface area contributed by atoms with Gasteiger partial charge >= 0.3 is 0 Å². The van der Waals surface area contributed by atoms with Crippen molar-refractivity contribution in [2.45, 2.75) is 6.92 Å². The Morgan fingerprint density at radius 1 is 0.921 bits per heavy atom. The third-order valence-corrected chi connectivity index (χ3v) is 6.30. The van der Waals surface area contributed by atoms with Crippen LogP contribution >= 0.6 is 11.6 Å². The Labute approximate surface area is 224 Å². The van der Waals surface area contributed by atoms with Gasteiger partial charge in [-0.25, -0.2) is 0 Å². The van der Waals surface area contributed by atoms with Gasteiger partial charge in [-0.3, -0.25) is 9.59 Å². The third kappa shape index (κ3) is 5.23. The molecule has 0 fully saturated rings. The minimum atomic E-state index is -0.580. The van der Waals surface area contributed by atoms with E-state index in [-0.39, 0.29) is 28.6 Å². The summed E-state index contributed by atoms with van der Waals surface area (Å²) in [4.78, 5) is 25.4. The molecule has 0 atom stereocenters. The summed E-state index contributed by atoms with van der Waals surface area (Å²) >= 11 is 6.19. The van der Waals surface area contributed by atoms with Crippen molar-refractivity contribution in [1.29, 1.82) is 0 Å². The SMILES string of the molecule is CNC(=O)c1ccc(OC)c(/N=N/c2c(O)c(C(=O)Nc3cc(C)c(Cl)cc3OC)cc3ccccc23)c1. The first-order chi connectivity index (χ1) is 18.3. The molecule has 3 N–H and O–H groups in total. The van der Waals surface area contributed by atoms with E-state index in [1.54, 1.807) is 55.5 Å². The topological polar surface area (TPSA) is 122 Å². The molecule has 0 aromatic heterocycles. The van der Waals surface area contributed by atoms with E-state index in [0.29, 0.717) is 38.5 Å². The molecule has 4 aromatic rings. The van der Waals surface area contributed by atoms with Crippen molar-refractivity contribution in [3.05, 3.63) is 82.4 Å². The quantitative estimate of drug-likeness (QED) is 0.233. The van der Waals surface area contributed by atoms with Gasteiger partial charge in [0.25, 0.3) is 11.8 Å². The maximum Gasteiger partial charge on any atom is 0.259 e. The zero-order chi connectivity index (χ0) is 27.4. The molecule has 9 nitrogen and oxygen atoms in total. The number of azo groups is 1. The average Bonchev–Trinajstić information content (AvgIpc) is 2.93. The number of nitrogens with zero attached hydrogens (tertiary/aromatic N) is 2. The number of phenolic OH excluding ortho intramolecular Hbond substituents is 1. The van der Waals surface area contributed by atoms with E-state index in [4.69, 9.17) is 21.1 Å². The summed E-state index contributed by atoms with van der Waals surface area (Å²) in [6, 6.07) is 16.7. The fraction of sp³-hybridized carbons (Fsp3) is 0.143. The van der Waals surface area contributed by atoms with Crippen LogP contribution < -0.4 is 20.1 Å². The number of methoxy groups -OCH3 is 2. The van der Waals surface area contributed by atoms with Crippen LogP contribution in [-0.4, -0.2) is 38.2 Å². The predicted molar refractivity (Wildman–Crippen MR) is 147 cm³/mol. The standard InChI is InChI=1S/C28H25ClN4O5/c1-15-11-21(24(38-4)14-20(15)29)31-28(36)19-12-16-7-5-6-8-18(16)25(26(19)34)33-32-22-13-17(27(35)30-2)9-10-23(22)37-3/h5-14,34H,1-4H3,(H,30,35)(H,31,36)/b33-32+. The monoisotopic (exact) mass is 532 g/mol. The number of carbonyl (C=O) groups is 2. The molecule has 0 aliphatic rings. The van der Waals surface area contributed by atoms with Gasteiger partial charge in [-0.1, -0.05) is 35.9 Å². The lowest BCUT2D eigenvalue weighted by atomic mass is 10.0. The highest BCUT2D eigenvalue weighted by Gasteiger charge is 2.20. The summed E-state index contributed by atoms with van der Waals surface area (Å²) in [7, 11) is 4.46. The number of phenols is 1. The normalized spacial score (nSPS) is 11.0. The van der Waals surface area contributed by atoms with Crippen LogP contribution in [0.2, 0.25) is 5.02 Å². The number of amides is 2. The fourth-order valence-electron chi connectivity index (χ4n) is 3.87. The van der Waals surface area contributed by atoms with Crippen LogP contribution in [0.1, 0.15) is 26.3 Å². The lowest BCUT2D eigenvalue weighted by Crippen LogP contribution is -2.17. The van der Waals surface area contributed by atoms with Crippen LogP contribution in [0.5, 0.6) is 17.2 Å². The molecule has 38 heavy (non-hydrogen) atoms. The van der Waals surface area contributed by atoms with E-state index in [9.17, 15) is 14.7 Å². The lowest BCUT2D eigenvalue weighted by Gasteiger charge is -2.14. The number of hydrogen-bond donors (Lipinski definition) is 3. The number of halogens is 1. The van der Waals surface area contributed by atoms with E-state index in [0.717, 1.165) is 5.56 Å². The van der Waals surface area contributed by atoms with E-state index in [1.165, 1.54) is 27.3 Å². The van der Waals surface area contributed by atoms with Crippen LogP contribution in [0.25, 0.3) is 10.8 Å². The minimum Gasteiger partial charge on any atom is -0.505 e. The molecule has 0 aliphatic carbocycles. The Kier molecular flexibility index (Phi) is 7.78. The van der Waals surface area contributed by atoms with Crippen molar-refractivity contribution < 1.29 is 24.2 Å². The van der Waals surface area contributed by atoms with Gasteiger partial charge in [0.2, 0.25) is 0 Å². The van der Waals surface area contributed by atoms with Crippen molar-refractivity contribution in [2.24, 2.45) is 10.2 Å². The number of aromatic hydroxyl groups is 1. The van der Waals surface area contributed by atoms with Gasteiger partial charge in [0.1, 0.15) is 22.9 Å². The highest BCUT2D eigenvalue weighted by Crippen LogP contribution is 2.41. The number of benzene rings is 4. The second kappa shape index (κ2) is 11.2. The summed E-state index contributed by atoms with van der Waals surface area (Å²) < 4.78 is 10.7. The highest BCUT2D eigenvalue weighted by molar-refractivity contribution is 6.31. The van der Waals surface area contributed by atoms with Crippen LogP contribution in [0.4, 0.5) is 17.1 Å². The molecule has 10 heteroatoms. The Hall–Kier alpha value is -4.63. The molecular weight excluding hydrogens is 508 g/mol. The molecule has 2 amide bonds. The van der Waals surface area contributed by atoms with E-state index in [1.807, 2.05) is 6.07 Å². The van der Waals surface area contributed by atoms with Crippen LogP contribution in [0.15, 0.2) is 70.9 Å². The van der Waals surface area contributed by atoms with Gasteiger partial charge in [0.15, 0.2) is 5.75 Å². The van der Waals surface area contributed by atoms with Gasteiger partial charge in [-0.15, -0.1) is 10.2 Å². The number of ether oxygens (including phenoxy) is 2. The largest absolute Gasteiger partial charge is 0.505 e. The molecule has 0 saturated heterocycles. The maximum absolute atomic E-state index is 13.3. The molecular formula is C28H25ClN4O5. The summed E-state index contributed by atoms with van der Waals surface area (Å²) in [6.07, 6.45) is 0. The molecule has 0 spiro atoms. The number of hydrogen-bond acceptors (Lipinski definition) is 7. The third-order valence-electron chi connectivity index (χ3n) is 5.89. The van der Waals surface area contributed by atoms with Crippen LogP contribution in [0.3, 0.4) is 0 Å². The lowest BCUT2D eigenvalue weighted by molar-refractivity contribution is 0.0962. The summed E-state index contributed by atoms with van der Waals surface area (Å²) in [6.45, 7) is 1.80. The smallest absolute Gasteiger partial charge is 0.259 e. The van der Waals surface area contributed by atoms with Gasteiger partial charge in [0.05, 0.1) is 25.5 Å². The van der Waals surface area contributed by atoms with Crippen LogP contribution in [0, 0.1) is 6.92 Å². The van der Waals surface area contributed by atoms with Crippen molar-refractivity contribution in [3.8, 4) is 17.2 Å². The van der Waals surface area contributed by atoms with Crippen molar-refractivity contribution in [3.63, 3.8) is 0 Å². The molecule has 0 aliphatic heterocycles. The van der Waals surface area contributed by atoms with Crippen molar-refractivity contribution >= 4 is 51.2 Å². The number of carbonyl (C=O) groups excluding carboxylic acids is 2. The van der Waals surface area contributed by atoms with Crippen LogP contribution in [-0.2, 0) is 0 Å². The highest BCUT2D eigenvalue weighted by atomic mass is 35.5. The van der Waals surface area contributed by atoms with E-state index in [2.05, 4.69) is 20.9 Å². The first kappa shape index (κ1) is 26.4. The number of nitrogens with one attached hydrogen (secondary N) is 2. The Bertz CT molecular complexity index is 1590. The number of rotatable bonds is 7. The average molecular weight is 533 g/mol. The van der Waals surface area contributed by atoms with Crippen molar-refractivity contribution in [1.82, 2.24) is 5.32 Å². The first-order valence-electron chi connectivity index (χ1n) is 11.5. The molecule has 0 unspecified atom stereocenters. The second-order valence-corrected chi connectivity index (χ2v) is 8.67. The summed E-state index contributed by atoms with van der Waals surface area (Å²) in [5.74, 6) is -0.495. The zero-order valence-corrected chi connectivity index (χ0v) is 21.9. The van der Waals surface area contributed by atoms with Gasteiger partial charge in [-0.2, -0.15) is 0 Å². The molecule has 0 bridgehead atoms. The molecule has 4 rings (SSSR count). The van der Waals surface area contributed by atoms with Crippen molar-refractivity contribution in [2.75, 3.05) is 26.6 Å². The molecule has 0 saturated carbocycles. The molecule has 194 valence electrons. The molecule has 0 radical (unpaired) electrons. The fourth-order valence-corrected chi connectivity index (χ4v) is 4.02. The number of anilines is 1. The maximum atomic E-state index is 13.3. The predicted octanol–water partition coefficient (Wildman–Crippen LogP) is 6.55. The summed E-state index contributed by atoms with van der Waals surface area (Å²) in [5, 5.41) is 26.8. The van der Waals surface area contributed by atoms with Gasteiger partial charge < -0.3 is 25.2 Å². The zero-order valence-electron chi connectivity index (χ0n) is 21.1. The first-order valence-corrected chi connectivity index (χ1v) is 11.9. The minimum absolute atomic E-state index is 0.0154. The van der Waals surface area contributed by atoms with Gasteiger partial charge in [0, 0.05) is 29.1 Å². The van der Waals surface area contributed by atoms with E-state index >= 15 is 0 Å². The molecule has 4 aromatic carbocycles.